The summed E-state index contributed by atoms with van der Waals surface area (Å²) < 4.78 is 1.85. The summed E-state index contributed by atoms with van der Waals surface area (Å²) in [5, 5.41) is 0. The zero-order chi connectivity index (χ0) is 18.5. The van der Waals surface area contributed by atoms with Gasteiger partial charge in [-0.1, -0.05) is 30.3 Å². The van der Waals surface area contributed by atoms with Crippen molar-refractivity contribution in [1.29, 1.82) is 0 Å². The molecule has 0 bridgehead atoms. The molecule has 1 aromatic heterocycles. The molecule has 1 heterocycles. The number of carbonyl (C=O) groups excluding carboxylic acids is 2. The minimum atomic E-state index is -0.359. The SMILES string of the molecule is Cc1ccc(CC(=O)NNC(=O)c2ccccc2-n2cccc2)cc1C. The van der Waals surface area contributed by atoms with Gasteiger partial charge in [-0.2, -0.15) is 0 Å². The lowest BCUT2D eigenvalue weighted by Crippen LogP contribution is -2.42. The highest BCUT2D eigenvalue weighted by atomic mass is 16.2. The maximum Gasteiger partial charge on any atom is 0.271 e. The molecule has 0 atom stereocenters. The average molecular weight is 347 g/mol. The van der Waals surface area contributed by atoms with Crippen LogP contribution in [-0.2, 0) is 11.2 Å². The summed E-state index contributed by atoms with van der Waals surface area (Å²) in [4.78, 5) is 24.6. The van der Waals surface area contributed by atoms with Crippen molar-refractivity contribution in [3.05, 3.63) is 89.2 Å². The van der Waals surface area contributed by atoms with Crippen molar-refractivity contribution < 1.29 is 9.59 Å². The number of para-hydroxylation sites is 1. The van der Waals surface area contributed by atoms with E-state index in [1.54, 1.807) is 12.1 Å². The Bertz CT molecular complexity index is 930. The fourth-order valence-corrected chi connectivity index (χ4v) is 2.72. The first-order valence-corrected chi connectivity index (χ1v) is 8.42. The van der Waals surface area contributed by atoms with E-state index in [0.717, 1.165) is 16.8 Å². The molecule has 0 saturated heterocycles. The smallest absolute Gasteiger partial charge is 0.271 e. The van der Waals surface area contributed by atoms with Crippen molar-refractivity contribution in [3.8, 4) is 5.69 Å². The van der Waals surface area contributed by atoms with E-state index in [-0.39, 0.29) is 18.2 Å². The lowest BCUT2D eigenvalue weighted by molar-refractivity contribution is -0.121. The molecular weight excluding hydrogens is 326 g/mol. The fourth-order valence-electron chi connectivity index (χ4n) is 2.72. The van der Waals surface area contributed by atoms with Gasteiger partial charge in [0.25, 0.3) is 5.91 Å². The van der Waals surface area contributed by atoms with Crippen LogP contribution in [0.5, 0.6) is 0 Å². The van der Waals surface area contributed by atoms with Crippen LogP contribution < -0.4 is 10.9 Å². The van der Waals surface area contributed by atoms with E-state index in [0.29, 0.717) is 5.56 Å². The Balaban J connectivity index is 1.64. The van der Waals surface area contributed by atoms with Crippen molar-refractivity contribution >= 4 is 11.8 Å². The zero-order valence-corrected chi connectivity index (χ0v) is 14.8. The molecule has 0 radical (unpaired) electrons. The number of benzene rings is 2. The van der Waals surface area contributed by atoms with Gasteiger partial charge in [0, 0.05) is 12.4 Å². The van der Waals surface area contributed by atoms with Gasteiger partial charge in [-0.15, -0.1) is 0 Å². The van der Waals surface area contributed by atoms with Crippen LogP contribution in [-0.4, -0.2) is 16.4 Å². The van der Waals surface area contributed by atoms with E-state index >= 15 is 0 Å². The van der Waals surface area contributed by atoms with Gasteiger partial charge in [-0.3, -0.25) is 20.4 Å². The van der Waals surface area contributed by atoms with Crippen LogP contribution >= 0.6 is 0 Å². The third-order valence-electron chi connectivity index (χ3n) is 4.28. The normalized spacial score (nSPS) is 10.4. The van der Waals surface area contributed by atoms with Crippen LogP contribution in [0, 0.1) is 13.8 Å². The number of carbonyl (C=O) groups is 2. The highest BCUT2D eigenvalue weighted by molar-refractivity contribution is 5.98. The number of aryl methyl sites for hydroxylation is 2. The second-order valence-corrected chi connectivity index (χ2v) is 6.21. The molecule has 0 unspecified atom stereocenters. The first kappa shape index (κ1) is 17.5. The molecule has 0 saturated carbocycles. The Morgan fingerprint density at radius 1 is 0.885 bits per heavy atom. The van der Waals surface area contributed by atoms with Crippen LogP contribution in [0.15, 0.2) is 67.0 Å². The molecule has 2 N–H and O–H groups in total. The highest BCUT2D eigenvalue weighted by Crippen LogP contribution is 2.14. The predicted octanol–water partition coefficient (Wildman–Crippen LogP) is 3.10. The number of nitrogens with one attached hydrogen (secondary N) is 2. The van der Waals surface area contributed by atoms with Gasteiger partial charge in [0.15, 0.2) is 0 Å². The lowest BCUT2D eigenvalue weighted by atomic mass is 10.0. The van der Waals surface area contributed by atoms with Gasteiger partial charge in [0.05, 0.1) is 17.7 Å². The number of hydrazine groups is 1. The number of amides is 2. The maximum atomic E-state index is 12.5. The molecule has 3 rings (SSSR count). The van der Waals surface area contributed by atoms with E-state index in [1.165, 1.54) is 5.56 Å². The molecule has 5 heteroatoms. The third-order valence-corrected chi connectivity index (χ3v) is 4.28. The second kappa shape index (κ2) is 7.70. The van der Waals surface area contributed by atoms with E-state index < -0.39 is 0 Å². The molecule has 2 amide bonds. The highest BCUT2D eigenvalue weighted by Gasteiger charge is 2.13. The average Bonchev–Trinajstić information content (AvgIpc) is 3.17. The molecule has 0 aliphatic heterocycles. The molecule has 5 nitrogen and oxygen atoms in total. The van der Waals surface area contributed by atoms with Crippen LogP contribution in [0.25, 0.3) is 5.69 Å². The minimum absolute atomic E-state index is 0.209. The van der Waals surface area contributed by atoms with Gasteiger partial charge < -0.3 is 4.57 Å². The minimum Gasteiger partial charge on any atom is -0.323 e. The van der Waals surface area contributed by atoms with Gasteiger partial charge in [-0.05, 0) is 54.8 Å². The Labute approximate surface area is 152 Å². The number of aromatic nitrogens is 1. The van der Waals surface area contributed by atoms with Crippen LogP contribution in [0.3, 0.4) is 0 Å². The van der Waals surface area contributed by atoms with Crippen molar-refractivity contribution in [3.63, 3.8) is 0 Å². The third kappa shape index (κ3) is 4.00. The largest absolute Gasteiger partial charge is 0.323 e. The lowest BCUT2D eigenvalue weighted by Gasteiger charge is -2.12. The van der Waals surface area contributed by atoms with Crippen molar-refractivity contribution in [2.75, 3.05) is 0 Å². The Kier molecular flexibility index (Phi) is 5.17. The number of hydrogen-bond donors (Lipinski definition) is 2. The number of nitrogens with zero attached hydrogens (tertiary/aromatic N) is 1. The predicted molar refractivity (Wildman–Crippen MR) is 101 cm³/mol. The summed E-state index contributed by atoms with van der Waals surface area (Å²) in [6, 6.07) is 16.9. The summed E-state index contributed by atoms with van der Waals surface area (Å²) >= 11 is 0. The van der Waals surface area contributed by atoms with Gasteiger partial charge in [-0.25, -0.2) is 0 Å². The Hall–Kier alpha value is -3.34. The molecule has 3 aromatic rings. The van der Waals surface area contributed by atoms with E-state index in [1.807, 2.05) is 73.3 Å². The van der Waals surface area contributed by atoms with Gasteiger partial charge >= 0.3 is 0 Å². The van der Waals surface area contributed by atoms with Gasteiger partial charge in [0.2, 0.25) is 5.91 Å². The Morgan fingerprint density at radius 3 is 2.35 bits per heavy atom. The summed E-state index contributed by atoms with van der Waals surface area (Å²) in [5.74, 6) is -0.622. The fraction of sp³-hybridized carbons (Fsp3) is 0.143. The number of rotatable bonds is 4. The van der Waals surface area contributed by atoms with Gasteiger partial charge in [0.1, 0.15) is 0 Å². The van der Waals surface area contributed by atoms with E-state index in [9.17, 15) is 9.59 Å². The topological polar surface area (TPSA) is 63.1 Å². The molecule has 0 fully saturated rings. The monoisotopic (exact) mass is 347 g/mol. The Morgan fingerprint density at radius 2 is 1.62 bits per heavy atom. The molecule has 0 spiro atoms. The standard InChI is InChI=1S/C21H21N3O2/c1-15-9-10-17(13-16(15)2)14-20(25)22-23-21(26)18-7-3-4-8-19(18)24-11-5-6-12-24/h3-13H,14H2,1-2H3,(H,22,25)(H,23,26). The van der Waals surface area contributed by atoms with Crippen LogP contribution in [0.1, 0.15) is 27.0 Å². The van der Waals surface area contributed by atoms with Crippen LogP contribution in [0.4, 0.5) is 0 Å². The number of hydrogen-bond acceptors (Lipinski definition) is 2. The molecular formula is C21H21N3O2. The first-order chi connectivity index (χ1) is 12.5. The van der Waals surface area contributed by atoms with Crippen molar-refractivity contribution in [1.82, 2.24) is 15.4 Å². The van der Waals surface area contributed by atoms with Crippen molar-refractivity contribution in [2.24, 2.45) is 0 Å². The summed E-state index contributed by atoms with van der Waals surface area (Å²) in [5.41, 5.74) is 9.45. The quantitative estimate of drug-likeness (QED) is 0.713. The molecule has 26 heavy (non-hydrogen) atoms. The van der Waals surface area contributed by atoms with Crippen molar-refractivity contribution in [2.45, 2.75) is 20.3 Å². The molecule has 132 valence electrons. The summed E-state index contributed by atoms with van der Waals surface area (Å²) in [6.45, 7) is 4.04. The zero-order valence-electron chi connectivity index (χ0n) is 14.8. The first-order valence-electron chi connectivity index (χ1n) is 8.42. The molecule has 0 aliphatic carbocycles. The second-order valence-electron chi connectivity index (χ2n) is 6.21. The molecule has 0 aliphatic rings. The maximum absolute atomic E-state index is 12.5. The molecule has 2 aromatic carbocycles. The summed E-state index contributed by atoms with van der Waals surface area (Å²) in [6.07, 6.45) is 3.94. The summed E-state index contributed by atoms with van der Waals surface area (Å²) in [7, 11) is 0. The van der Waals surface area contributed by atoms with E-state index in [2.05, 4.69) is 10.9 Å². The van der Waals surface area contributed by atoms with E-state index in [4.69, 9.17) is 0 Å². The van der Waals surface area contributed by atoms with Crippen LogP contribution in [0.2, 0.25) is 0 Å².